The molecule has 0 saturated carbocycles. The number of aryl methyl sites for hydroxylation is 1. The Balaban J connectivity index is 2.44. The third kappa shape index (κ3) is 5.74. The van der Waals surface area contributed by atoms with E-state index in [2.05, 4.69) is 30.4 Å². The van der Waals surface area contributed by atoms with Gasteiger partial charge in [-0.3, -0.25) is 4.79 Å². The summed E-state index contributed by atoms with van der Waals surface area (Å²) in [4.78, 5) is 12.1. The molecule has 0 saturated heterocycles. The number of amides is 1. The first-order chi connectivity index (χ1) is 9.40. The molecule has 0 spiro atoms. The molecule has 0 bridgehead atoms. The van der Waals surface area contributed by atoms with E-state index in [-0.39, 0.29) is 23.9 Å². The zero-order chi connectivity index (χ0) is 15.1. The van der Waals surface area contributed by atoms with Crippen LogP contribution in [0, 0.1) is 12.8 Å². The highest BCUT2D eigenvalue weighted by molar-refractivity contribution is 5.78. The summed E-state index contributed by atoms with van der Waals surface area (Å²) in [5.41, 5.74) is 8.10. The average molecular weight is 276 g/mol. The monoisotopic (exact) mass is 276 g/mol. The number of carbonyl (C=O) groups excluding carboxylic acids is 1. The van der Waals surface area contributed by atoms with E-state index < -0.39 is 0 Å². The summed E-state index contributed by atoms with van der Waals surface area (Å²) < 4.78 is 0. The Kier molecular flexibility index (Phi) is 6.73. The molecule has 1 aromatic rings. The highest BCUT2D eigenvalue weighted by Crippen LogP contribution is 2.16. The number of benzene rings is 1. The Morgan fingerprint density at radius 3 is 2.55 bits per heavy atom. The molecule has 1 amide bonds. The van der Waals surface area contributed by atoms with Gasteiger partial charge in [0, 0.05) is 12.0 Å². The van der Waals surface area contributed by atoms with Crippen LogP contribution in [-0.4, -0.2) is 11.9 Å². The smallest absolute Gasteiger partial charge is 0.223 e. The first-order valence-electron chi connectivity index (χ1n) is 7.52. The van der Waals surface area contributed by atoms with Gasteiger partial charge in [0.15, 0.2) is 0 Å². The van der Waals surface area contributed by atoms with Gasteiger partial charge in [0.2, 0.25) is 5.91 Å². The Bertz CT molecular complexity index is 429. The minimum atomic E-state index is 0.0426. The van der Waals surface area contributed by atoms with Gasteiger partial charge in [-0.1, -0.05) is 43.2 Å². The van der Waals surface area contributed by atoms with Crippen LogP contribution in [0.2, 0.25) is 0 Å². The molecule has 1 rings (SSSR count). The zero-order valence-corrected chi connectivity index (χ0v) is 13.1. The van der Waals surface area contributed by atoms with Gasteiger partial charge in [0.05, 0.1) is 6.04 Å². The van der Waals surface area contributed by atoms with Crippen LogP contribution in [-0.2, 0) is 4.79 Å². The summed E-state index contributed by atoms with van der Waals surface area (Å²) in [7, 11) is 0. The lowest BCUT2D eigenvalue weighted by molar-refractivity contribution is -0.125. The van der Waals surface area contributed by atoms with Crippen molar-refractivity contribution >= 4 is 5.91 Å². The van der Waals surface area contributed by atoms with Gasteiger partial charge < -0.3 is 11.1 Å². The molecule has 0 fully saturated rings. The second kappa shape index (κ2) is 8.05. The van der Waals surface area contributed by atoms with Crippen molar-refractivity contribution in [3.8, 4) is 0 Å². The van der Waals surface area contributed by atoms with E-state index in [9.17, 15) is 4.79 Å². The largest absolute Gasteiger partial charge is 0.349 e. The van der Waals surface area contributed by atoms with E-state index in [1.807, 2.05) is 26.8 Å². The maximum atomic E-state index is 12.1. The molecule has 3 heteroatoms. The van der Waals surface area contributed by atoms with E-state index >= 15 is 0 Å². The maximum absolute atomic E-state index is 12.1. The van der Waals surface area contributed by atoms with Gasteiger partial charge in [-0.15, -0.1) is 0 Å². The number of hydrogen-bond acceptors (Lipinski definition) is 2. The normalized spacial score (nSPS) is 15.4. The molecule has 20 heavy (non-hydrogen) atoms. The van der Waals surface area contributed by atoms with E-state index in [1.165, 1.54) is 5.56 Å². The molecule has 3 atom stereocenters. The fourth-order valence-electron chi connectivity index (χ4n) is 2.26. The van der Waals surface area contributed by atoms with Crippen molar-refractivity contribution in [3.05, 3.63) is 35.4 Å². The minimum Gasteiger partial charge on any atom is -0.349 e. The van der Waals surface area contributed by atoms with Gasteiger partial charge >= 0.3 is 0 Å². The van der Waals surface area contributed by atoms with Crippen LogP contribution < -0.4 is 11.1 Å². The predicted octanol–water partition coefficient (Wildman–Crippen LogP) is 3.33. The third-order valence-electron chi connectivity index (χ3n) is 3.65. The quantitative estimate of drug-likeness (QED) is 0.802. The Morgan fingerprint density at radius 1 is 1.25 bits per heavy atom. The van der Waals surface area contributed by atoms with E-state index in [0.29, 0.717) is 0 Å². The van der Waals surface area contributed by atoms with Crippen molar-refractivity contribution in [2.45, 2.75) is 59.0 Å². The predicted molar refractivity (Wildman–Crippen MR) is 84.4 cm³/mol. The SMILES string of the molecule is Cc1cccc([C@@H](C)NC(=O)C(C)CCCC(C)N)c1. The van der Waals surface area contributed by atoms with Crippen LogP contribution in [0.3, 0.4) is 0 Å². The lowest BCUT2D eigenvalue weighted by atomic mass is 10.00. The van der Waals surface area contributed by atoms with Gasteiger partial charge in [0.1, 0.15) is 0 Å². The highest BCUT2D eigenvalue weighted by Gasteiger charge is 2.16. The molecule has 0 aromatic heterocycles. The van der Waals surface area contributed by atoms with Gasteiger partial charge in [-0.2, -0.15) is 0 Å². The van der Waals surface area contributed by atoms with Crippen LogP contribution in [0.5, 0.6) is 0 Å². The summed E-state index contributed by atoms with van der Waals surface area (Å²) in [5, 5.41) is 3.09. The van der Waals surface area contributed by atoms with Crippen molar-refractivity contribution in [1.29, 1.82) is 0 Å². The van der Waals surface area contributed by atoms with Crippen LogP contribution in [0.4, 0.5) is 0 Å². The second-order valence-electron chi connectivity index (χ2n) is 5.95. The molecular weight excluding hydrogens is 248 g/mol. The lowest BCUT2D eigenvalue weighted by Gasteiger charge is -2.18. The molecule has 0 aliphatic rings. The number of nitrogens with two attached hydrogens (primary N) is 1. The van der Waals surface area contributed by atoms with E-state index in [1.54, 1.807) is 0 Å². The summed E-state index contributed by atoms with van der Waals surface area (Å²) >= 11 is 0. The molecule has 3 nitrogen and oxygen atoms in total. The fraction of sp³-hybridized carbons (Fsp3) is 0.588. The van der Waals surface area contributed by atoms with Crippen LogP contribution in [0.1, 0.15) is 57.2 Å². The highest BCUT2D eigenvalue weighted by atomic mass is 16.1. The number of hydrogen-bond donors (Lipinski definition) is 2. The molecule has 112 valence electrons. The van der Waals surface area contributed by atoms with Gasteiger partial charge in [0.25, 0.3) is 0 Å². The number of rotatable bonds is 7. The number of carbonyl (C=O) groups is 1. The van der Waals surface area contributed by atoms with Crippen molar-refractivity contribution in [1.82, 2.24) is 5.32 Å². The first-order valence-corrected chi connectivity index (χ1v) is 7.52. The standard InChI is InChI=1S/C17H28N2O/c1-12-7-5-10-16(11-12)15(4)19-17(20)13(2)8-6-9-14(3)18/h5,7,10-11,13-15H,6,8-9,18H2,1-4H3,(H,19,20)/t13?,14?,15-/m1/s1. The molecular formula is C17H28N2O. The molecule has 3 N–H and O–H groups in total. The maximum Gasteiger partial charge on any atom is 0.223 e. The Morgan fingerprint density at radius 2 is 1.95 bits per heavy atom. The summed E-state index contributed by atoms with van der Waals surface area (Å²) in [6, 6.07) is 8.54. The molecule has 1 aromatic carbocycles. The molecule has 0 heterocycles. The zero-order valence-electron chi connectivity index (χ0n) is 13.1. The topological polar surface area (TPSA) is 55.1 Å². The molecule has 0 aliphatic heterocycles. The van der Waals surface area contributed by atoms with Crippen molar-refractivity contribution in [2.75, 3.05) is 0 Å². The lowest BCUT2D eigenvalue weighted by Crippen LogP contribution is -2.31. The third-order valence-corrected chi connectivity index (χ3v) is 3.65. The van der Waals surface area contributed by atoms with Crippen molar-refractivity contribution in [3.63, 3.8) is 0 Å². The van der Waals surface area contributed by atoms with Gasteiger partial charge in [-0.25, -0.2) is 0 Å². The number of nitrogens with one attached hydrogen (secondary N) is 1. The summed E-state index contributed by atoms with van der Waals surface area (Å²) in [5.74, 6) is 0.171. The average Bonchev–Trinajstić information content (AvgIpc) is 2.38. The molecule has 0 radical (unpaired) electrons. The Labute approximate surface area is 122 Å². The van der Waals surface area contributed by atoms with E-state index in [4.69, 9.17) is 5.73 Å². The fourth-order valence-corrected chi connectivity index (χ4v) is 2.26. The summed E-state index contributed by atoms with van der Waals surface area (Å²) in [6.45, 7) is 8.08. The molecule has 0 aliphatic carbocycles. The second-order valence-corrected chi connectivity index (χ2v) is 5.95. The van der Waals surface area contributed by atoms with Crippen molar-refractivity contribution < 1.29 is 4.79 Å². The minimum absolute atomic E-state index is 0.0426. The van der Waals surface area contributed by atoms with Gasteiger partial charge in [-0.05, 0) is 39.2 Å². The summed E-state index contributed by atoms with van der Waals surface area (Å²) in [6.07, 6.45) is 2.88. The van der Waals surface area contributed by atoms with Crippen LogP contribution in [0.25, 0.3) is 0 Å². The Hall–Kier alpha value is -1.35. The molecule has 2 unspecified atom stereocenters. The van der Waals surface area contributed by atoms with Crippen molar-refractivity contribution in [2.24, 2.45) is 11.7 Å². The first kappa shape index (κ1) is 16.7. The van der Waals surface area contributed by atoms with Crippen LogP contribution >= 0.6 is 0 Å². The van der Waals surface area contributed by atoms with E-state index in [0.717, 1.165) is 24.8 Å². The van der Waals surface area contributed by atoms with Crippen LogP contribution in [0.15, 0.2) is 24.3 Å².